The lowest BCUT2D eigenvalue weighted by atomic mass is 10.4. The molecule has 0 unspecified atom stereocenters. The number of aryl methyl sites for hydroxylation is 1. The van der Waals surface area contributed by atoms with Gasteiger partial charge in [0.1, 0.15) is 5.16 Å². The molecule has 2 heterocycles. The highest BCUT2D eigenvalue weighted by Gasteiger charge is 2.07. The second-order valence-electron chi connectivity index (χ2n) is 3.30. The SMILES string of the molecule is CN1C=C(Nc2ccn(C)n2)C=C(Cl)N1. The summed E-state index contributed by atoms with van der Waals surface area (Å²) in [4.78, 5) is 0. The molecule has 1 aromatic rings. The van der Waals surface area contributed by atoms with Gasteiger partial charge in [-0.1, -0.05) is 11.6 Å². The van der Waals surface area contributed by atoms with Crippen LogP contribution in [0.25, 0.3) is 0 Å². The van der Waals surface area contributed by atoms with Gasteiger partial charge in [0.05, 0.1) is 5.70 Å². The summed E-state index contributed by atoms with van der Waals surface area (Å²) in [6, 6.07) is 1.89. The average Bonchev–Trinajstić information content (AvgIpc) is 2.49. The number of nitrogens with zero attached hydrogens (tertiary/aromatic N) is 3. The highest BCUT2D eigenvalue weighted by atomic mass is 35.5. The normalized spacial score (nSPS) is 15.5. The van der Waals surface area contributed by atoms with E-state index in [4.69, 9.17) is 11.6 Å². The molecule has 0 aliphatic carbocycles. The van der Waals surface area contributed by atoms with E-state index in [2.05, 4.69) is 15.8 Å². The summed E-state index contributed by atoms with van der Waals surface area (Å²) in [5, 5.41) is 9.70. The molecule has 0 bridgehead atoms. The first-order chi connectivity index (χ1) is 7.13. The number of rotatable bonds is 2. The third kappa shape index (κ3) is 2.44. The fourth-order valence-corrected chi connectivity index (χ4v) is 1.56. The number of allylic oxidation sites excluding steroid dienone is 1. The van der Waals surface area contributed by atoms with Gasteiger partial charge in [0, 0.05) is 32.6 Å². The molecular weight excluding hydrogens is 214 g/mol. The van der Waals surface area contributed by atoms with Gasteiger partial charge in [0.15, 0.2) is 5.82 Å². The van der Waals surface area contributed by atoms with Crippen LogP contribution in [0.2, 0.25) is 0 Å². The van der Waals surface area contributed by atoms with Crippen LogP contribution in [0.4, 0.5) is 5.82 Å². The van der Waals surface area contributed by atoms with Crippen LogP contribution >= 0.6 is 11.6 Å². The Balaban J connectivity index is 2.12. The number of nitrogens with one attached hydrogen (secondary N) is 2. The largest absolute Gasteiger partial charge is 0.337 e. The van der Waals surface area contributed by atoms with Crippen LogP contribution in [0.5, 0.6) is 0 Å². The molecule has 0 saturated carbocycles. The smallest absolute Gasteiger partial charge is 0.152 e. The quantitative estimate of drug-likeness (QED) is 0.743. The number of aromatic nitrogens is 2. The first-order valence-corrected chi connectivity index (χ1v) is 4.86. The standard InChI is InChI=1S/C9H12ClN5/c1-14-4-3-9(13-14)11-7-5-8(10)12-15(2)6-7/h3-6,12H,1-2H3,(H,11,13). The molecule has 6 heteroatoms. The summed E-state index contributed by atoms with van der Waals surface area (Å²) in [6.45, 7) is 0. The molecule has 1 aliphatic rings. The zero-order chi connectivity index (χ0) is 10.8. The maximum atomic E-state index is 5.88. The Morgan fingerprint density at radius 2 is 2.27 bits per heavy atom. The van der Waals surface area contributed by atoms with Crippen LogP contribution in [-0.4, -0.2) is 21.8 Å². The number of anilines is 1. The van der Waals surface area contributed by atoms with E-state index in [1.807, 2.05) is 32.6 Å². The molecule has 5 nitrogen and oxygen atoms in total. The molecule has 80 valence electrons. The lowest BCUT2D eigenvalue weighted by Gasteiger charge is -2.22. The van der Waals surface area contributed by atoms with Crippen LogP contribution in [-0.2, 0) is 7.05 Å². The van der Waals surface area contributed by atoms with Gasteiger partial charge in [0.2, 0.25) is 0 Å². The van der Waals surface area contributed by atoms with E-state index in [1.54, 1.807) is 15.8 Å². The summed E-state index contributed by atoms with van der Waals surface area (Å²) in [6.07, 6.45) is 5.57. The third-order valence-corrected chi connectivity index (χ3v) is 2.08. The van der Waals surface area contributed by atoms with Crippen molar-refractivity contribution in [2.75, 3.05) is 12.4 Å². The molecule has 1 aliphatic heterocycles. The summed E-state index contributed by atoms with van der Waals surface area (Å²) >= 11 is 5.88. The van der Waals surface area contributed by atoms with E-state index in [1.165, 1.54) is 0 Å². The fourth-order valence-electron chi connectivity index (χ4n) is 1.31. The second-order valence-corrected chi connectivity index (χ2v) is 3.71. The lowest BCUT2D eigenvalue weighted by Crippen LogP contribution is -2.31. The van der Waals surface area contributed by atoms with Crippen molar-refractivity contribution in [1.82, 2.24) is 20.2 Å². The Morgan fingerprint density at radius 1 is 1.47 bits per heavy atom. The minimum atomic E-state index is 0.568. The highest BCUT2D eigenvalue weighted by Crippen LogP contribution is 2.13. The minimum absolute atomic E-state index is 0.568. The predicted octanol–water partition coefficient (Wildman–Crippen LogP) is 1.20. The van der Waals surface area contributed by atoms with Crippen molar-refractivity contribution in [3.63, 3.8) is 0 Å². The first kappa shape index (κ1) is 9.92. The molecular formula is C9H12ClN5. The average molecular weight is 226 g/mol. The molecule has 1 aromatic heterocycles. The second kappa shape index (κ2) is 3.86. The van der Waals surface area contributed by atoms with Crippen LogP contribution in [0.1, 0.15) is 0 Å². The van der Waals surface area contributed by atoms with Crippen molar-refractivity contribution in [2.24, 2.45) is 7.05 Å². The highest BCUT2D eigenvalue weighted by molar-refractivity contribution is 6.29. The maximum absolute atomic E-state index is 5.88. The van der Waals surface area contributed by atoms with Crippen molar-refractivity contribution in [3.8, 4) is 0 Å². The Morgan fingerprint density at radius 3 is 2.87 bits per heavy atom. The molecule has 0 fully saturated rings. The van der Waals surface area contributed by atoms with E-state index >= 15 is 0 Å². The molecule has 0 radical (unpaired) electrons. The maximum Gasteiger partial charge on any atom is 0.152 e. The summed E-state index contributed by atoms with van der Waals surface area (Å²) in [7, 11) is 3.74. The number of halogens is 1. The summed E-state index contributed by atoms with van der Waals surface area (Å²) in [5.74, 6) is 0.791. The first-order valence-electron chi connectivity index (χ1n) is 4.49. The fraction of sp³-hybridized carbons (Fsp3) is 0.222. The van der Waals surface area contributed by atoms with Crippen molar-refractivity contribution >= 4 is 17.4 Å². The Labute approximate surface area is 93.0 Å². The summed E-state index contributed by atoms with van der Waals surface area (Å²) < 4.78 is 1.74. The molecule has 0 atom stereocenters. The van der Waals surface area contributed by atoms with Gasteiger partial charge >= 0.3 is 0 Å². The topological polar surface area (TPSA) is 45.1 Å². The molecule has 2 N–H and O–H groups in total. The van der Waals surface area contributed by atoms with Gasteiger partial charge in [0.25, 0.3) is 0 Å². The van der Waals surface area contributed by atoms with Crippen LogP contribution in [0, 0.1) is 0 Å². The molecule has 2 rings (SSSR count). The molecule has 0 saturated heterocycles. The number of hydrazine groups is 1. The van der Waals surface area contributed by atoms with Crippen molar-refractivity contribution in [1.29, 1.82) is 0 Å². The Kier molecular flexibility index (Phi) is 2.55. The minimum Gasteiger partial charge on any atom is -0.337 e. The zero-order valence-corrected chi connectivity index (χ0v) is 9.28. The van der Waals surface area contributed by atoms with Gasteiger partial charge in [-0.25, -0.2) is 0 Å². The zero-order valence-electron chi connectivity index (χ0n) is 8.53. The van der Waals surface area contributed by atoms with Gasteiger partial charge in [-0.15, -0.1) is 0 Å². The predicted molar refractivity (Wildman–Crippen MR) is 59.7 cm³/mol. The van der Waals surface area contributed by atoms with Crippen molar-refractivity contribution in [2.45, 2.75) is 0 Å². The number of hydrogen-bond donors (Lipinski definition) is 2. The summed E-state index contributed by atoms with van der Waals surface area (Å²) in [5.41, 5.74) is 3.81. The van der Waals surface area contributed by atoms with Crippen LogP contribution < -0.4 is 10.7 Å². The lowest BCUT2D eigenvalue weighted by molar-refractivity contribution is 0.373. The molecule has 15 heavy (non-hydrogen) atoms. The van der Waals surface area contributed by atoms with Crippen LogP contribution in [0.3, 0.4) is 0 Å². The molecule has 0 aromatic carbocycles. The van der Waals surface area contributed by atoms with E-state index in [9.17, 15) is 0 Å². The van der Waals surface area contributed by atoms with Gasteiger partial charge in [-0.05, 0) is 6.08 Å². The molecule has 0 amide bonds. The monoisotopic (exact) mass is 225 g/mol. The van der Waals surface area contributed by atoms with E-state index in [0.29, 0.717) is 5.16 Å². The molecule has 0 spiro atoms. The van der Waals surface area contributed by atoms with E-state index < -0.39 is 0 Å². The van der Waals surface area contributed by atoms with E-state index in [-0.39, 0.29) is 0 Å². The van der Waals surface area contributed by atoms with Gasteiger partial charge in [-0.3, -0.25) is 15.1 Å². The Bertz CT molecular complexity index is 420. The van der Waals surface area contributed by atoms with Crippen molar-refractivity contribution in [3.05, 3.63) is 35.4 Å². The van der Waals surface area contributed by atoms with Gasteiger partial charge < -0.3 is 5.32 Å². The van der Waals surface area contributed by atoms with E-state index in [0.717, 1.165) is 11.5 Å². The Hall–Kier alpha value is -1.62. The van der Waals surface area contributed by atoms with Gasteiger partial charge in [-0.2, -0.15) is 5.10 Å². The number of hydrogen-bond acceptors (Lipinski definition) is 4. The third-order valence-electron chi connectivity index (χ3n) is 1.88. The van der Waals surface area contributed by atoms with Crippen molar-refractivity contribution < 1.29 is 0 Å². The van der Waals surface area contributed by atoms with Crippen LogP contribution in [0.15, 0.2) is 35.4 Å².